The van der Waals surface area contributed by atoms with Gasteiger partial charge in [-0.2, -0.15) is 13.2 Å². The zero-order valence-corrected chi connectivity index (χ0v) is 18.7. The molecule has 0 amide bonds. The zero-order chi connectivity index (χ0) is 24.4. The van der Waals surface area contributed by atoms with Gasteiger partial charge in [-0.05, 0) is 67.8 Å². The highest BCUT2D eigenvalue weighted by molar-refractivity contribution is 5.31. The van der Waals surface area contributed by atoms with Crippen molar-refractivity contribution >= 4 is 0 Å². The van der Waals surface area contributed by atoms with E-state index in [-0.39, 0.29) is 23.7 Å². The molecule has 2 atom stereocenters. The first kappa shape index (κ1) is 26.3. The fraction of sp³-hybridized carbons (Fsp3) is 0.320. The predicted octanol–water partition coefficient (Wildman–Crippen LogP) is 5.67. The molecular weight excluding hydrogens is 434 g/mol. The van der Waals surface area contributed by atoms with Crippen molar-refractivity contribution in [3.63, 3.8) is 0 Å². The first-order valence-corrected chi connectivity index (χ1v) is 10.5. The summed E-state index contributed by atoms with van der Waals surface area (Å²) in [6.07, 6.45) is 2.70. The van der Waals surface area contributed by atoms with Gasteiger partial charge in [0.15, 0.2) is 0 Å². The van der Waals surface area contributed by atoms with Crippen molar-refractivity contribution < 1.29 is 22.7 Å². The smallest absolute Gasteiger partial charge is 0.433 e. The van der Waals surface area contributed by atoms with Gasteiger partial charge in [0.2, 0.25) is 0 Å². The number of rotatable bonds is 11. The summed E-state index contributed by atoms with van der Waals surface area (Å²) in [6.45, 7) is 5.84. The van der Waals surface area contributed by atoms with E-state index >= 15 is 0 Å². The molecule has 0 saturated carbocycles. The monoisotopic (exact) mass is 463 g/mol. The van der Waals surface area contributed by atoms with Gasteiger partial charge in [-0.3, -0.25) is 4.98 Å². The number of aliphatic hydroxyl groups is 1. The number of benzene rings is 1. The summed E-state index contributed by atoms with van der Waals surface area (Å²) in [4.78, 5) is 3.53. The van der Waals surface area contributed by atoms with Crippen molar-refractivity contribution in [3.8, 4) is 0 Å². The summed E-state index contributed by atoms with van der Waals surface area (Å²) in [7, 11) is 1.80. The number of hydrogen-bond acceptors (Lipinski definition) is 4. The molecule has 178 valence electrons. The van der Waals surface area contributed by atoms with Gasteiger partial charge in [-0.15, -0.1) is 0 Å². The van der Waals surface area contributed by atoms with Gasteiger partial charge in [0.05, 0.1) is 5.76 Å². The lowest BCUT2D eigenvalue weighted by atomic mass is 9.95. The maximum Gasteiger partial charge on any atom is 0.433 e. The summed E-state index contributed by atoms with van der Waals surface area (Å²) < 4.78 is 51.8. The van der Waals surface area contributed by atoms with Crippen LogP contribution < -0.4 is 10.6 Å². The van der Waals surface area contributed by atoms with E-state index < -0.39 is 11.9 Å². The molecule has 2 unspecified atom stereocenters. The molecule has 33 heavy (non-hydrogen) atoms. The fourth-order valence-corrected chi connectivity index (χ4v) is 3.45. The number of hydrogen-bond donors (Lipinski definition) is 3. The minimum atomic E-state index is -4.48. The highest BCUT2D eigenvalue weighted by Gasteiger charge is 2.32. The Hall–Kier alpha value is -2.97. The Kier molecular flexibility index (Phi) is 9.81. The van der Waals surface area contributed by atoms with Crippen molar-refractivity contribution in [2.45, 2.75) is 38.0 Å². The Morgan fingerprint density at radius 1 is 1.18 bits per heavy atom. The van der Waals surface area contributed by atoms with Crippen LogP contribution in [-0.2, 0) is 12.6 Å². The summed E-state index contributed by atoms with van der Waals surface area (Å²) in [5.41, 5.74) is 1.35. The van der Waals surface area contributed by atoms with E-state index in [1.165, 1.54) is 24.4 Å². The van der Waals surface area contributed by atoms with E-state index in [1.807, 2.05) is 0 Å². The molecule has 4 nitrogen and oxygen atoms in total. The summed E-state index contributed by atoms with van der Waals surface area (Å²) >= 11 is 0. The lowest BCUT2D eigenvalue weighted by Crippen LogP contribution is -2.39. The van der Waals surface area contributed by atoms with Crippen molar-refractivity contribution in [3.05, 3.63) is 101 Å². The average Bonchev–Trinajstić information content (AvgIpc) is 2.75. The largest absolute Gasteiger partial charge is 0.513 e. The predicted molar refractivity (Wildman–Crippen MR) is 122 cm³/mol. The molecule has 0 aliphatic rings. The van der Waals surface area contributed by atoms with Crippen LogP contribution in [0.4, 0.5) is 17.6 Å². The van der Waals surface area contributed by atoms with Crippen LogP contribution in [0, 0.1) is 5.82 Å². The topological polar surface area (TPSA) is 57.2 Å². The van der Waals surface area contributed by atoms with Gasteiger partial charge in [0.25, 0.3) is 0 Å². The van der Waals surface area contributed by atoms with Crippen molar-refractivity contribution in [2.24, 2.45) is 0 Å². The molecule has 0 spiro atoms. The fourth-order valence-electron chi connectivity index (χ4n) is 3.45. The normalized spacial score (nSPS) is 14.7. The SMILES string of the molecule is C=C/C=C(\C=C(/C)O)C(CCc1ccc(C(F)(F)F)nc1)NC(CNC)c1ccc(F)cc1. The third-order valence-electron chi connectivity index (χ3n) is 5.01. The molecule has 0 bridgehead atoms. The van der Waals surface area contributed by atoms with Gasteiger partial charge in [-0.1, -0.05) is 36.9 Å². The van der Waals surface area contributed by atoms with Gasteiger partial charge in [0.1, 0.15) is 11.5 Å². The van der Waals surface area contributed by atoms with Crippen molar-refractivity contribution in [2.75, 3.05) is 13.6 Å². The van der Waals surface area contributed by atoms with Crippen LogP contribution >= 0.6 is 0 Å². The van der Waals surface area contributed by atoms with E-state index in [2.05, 4.69) is 22.2 Å². The van der Waals surface area contributed by atoms with E-state index in [0.717, 1.165) is 17.2 Å². The quantitative estimate of drug-likeness (QED) is 0.229. The van der Waals surface area contributed by atoms with Crippen LogP contribution in [0.15, 0.2) is 78.7 Å². The Morgan fingerprint density at radius 2 is 1.88 bits per heavy atom. The maximum absolute atomic E-state index is 13.4. The minimum absolute atomic E-state index is 0.109. The average molecular weight is 464 g/mol. The first-order chi connectivity index (χ1) is 15.6. The Balaban J connectivity index is 2.30. The number of aliphatic hydroxyl groups excluding tert-OH is 1. The summed E-state index contributed by atoms with van der Waals surface area (Å²) in [6, 6.07) is 8.10. The molecule has 1 heterocycles. The van der Waals surface area contributed by atoms with E-state index in [0.29, 0.717) is 24.9 Å². The second-order valence-corrected chi connectivity index (χ2v) is 7.66. The summed E-state index contributed by atoms with van der Waals surface area (Å²) in [5, 5.41) is 16.5. The van der Waals surface area contributed by atoms with Crippen LogP contribution in [0.2, 0.25) is 0 Å². The molecule has 3 N–H and O–H groups in total. The van der Waals surface area contributed by atoms with Crippen molar-refractivity contribution in [1.29, 1.82) is 0 Å². The van der Waals surface area contributed by atoms with Crippen LogP contribution in [0.25, 0.3) is 0 Å². The maximum atomic E-state index is 13.4. The Bertz CT molecular complexity index is 947. The molecule has 1 aromatic carbocycles. The highest BCUT2D eigenvalue weighted by atomic mass is 19.4. The number of nitrogens with one attached hydrogen (secondary N) is 2. The molecule has 2 aromatic rings. The lowest BCUT2D eigenvalue weighted by molar-refractivity contribution is -0.141. The standard InChI is InChI=1S/C25H29F4N3O/c1-4-5-20(14-17(2)33)22(12-6-18-7-13-24(31-15-18)25(27,28)29)32-23(16-30-3)19-8-10-21(26)11-9-19/h4-5,7-11,13-15,22-23,30,32-33H,1,6,12,16H2,2-3H3/b17-14+,20-5+. The molecule has 0 aliphatic carbocycles. The van der Waals surface area contributed by atoms with Gasteiger partial charge in [0, 0.05) is 24.8 Å². The molecule has 0 radical (unpaired) electrons. The second-order valence-electron chi connectivity index (χ2n) is 7.66. The molecule has 8 heteroatoms. The summed E-state index contributed by atoms with van der Waals surface area (Å²) in [5.74, 6) is -0.225. The van der Waals surface area contributed by atoms with Crippen LogP contribution in [0.3, 0.4) is 0 Å². The zero-order valence-electron chi connectivity index (χ0n) is 18.7. The number of alkyl halides is 3. The molecule has 1 aromatic heterocycles. The first-order valence-electron chi connectivity index (χ1n) is 10.5. The van der Waals surface area contributed by atoms with Gasteiger partial charge < -0.3 is 15.7 Å². The lowest BCUT2D eigenvalue weighted by Gasteiger charge is -2.27. The number of pyridine rings is 1. The molecule has 0 aliphatic heterocycles. The van der Waals surface area contributed by atoms with Crippen LogP contribution in [0.5, 0.6) is 0 Å². The van der Waals surface area contributed by atoms with E-state index in [9.17, 15) is 22.7 Å². The van der Waals surface area contributed by atoms with Gasteiger partial charge in [-0.25, -0.2) is 4.39 Å². The molecular formula is C25H29F4N3O. The van der Waals surface area contributed by atoms with Gasteiger partial charge >= 0.3 is 6.18 Å². The van der Waals surface area contributed by atoms with E-state index in [1.54, 1.807) is 44.3 Å². The number of allylic oxidation sites excluding steroid dienone is 3. The second kappa shape index (κ2) is 12.3. The number of nitrogens with zero attached hydrogens (tertiary/aromatic N) is 1. The van der Waals surface area contributed by atoms with Crippen LogP contribution in [0.1, 0.15) is 36.2 Å². The Morgan fingerprint density at radius 3 is 2.39 bits per heavy atom. The third-order valence-corrected chi connectivity index (χ3v) is 5.01. The number of likely N-dealkylation sites (N-methyl/N-ethyl adjacent to an activating group) is 1. The van der Waals surface area contributed by atoms with E-state index in [4.69, 9.17) is 0 Å². The molecule has 2 rings (SSSR count). The highest BCUT2D eigenvalue weighted by Crippen LogP contribution is 2.27. The molecule has 0 fully saturated rings. The number of aromatic nitrogens is 1. The Labute approximate surface area is 191 Å². The number of aryl methyl sites for hydroxylation is 1. The minimum Gasteiger partial charge on any atom is -0.513 e. The van der Waals surface area contributed by atoms with Crippen LogP contribution in [-0.4, -0.2) is 29.7 Å². The number of halogens is 4. The van der Waals surface area contributed by atoms with Crippen molar-refractivity contribution in [1.82, 2.24) is 15.6 Å². The molecule has 0 saturated heterocycles. The third kappa shape index (κ3) is 8.47.